The summed E-state index contributed by atoms with van der Waals surface area (Å²) in [6.07, 6.45) is 2.32. The number of nitrogens with two attached hydrogens (primary N) is 1. The predicted octanol–water partition coefficient (Wildman–Crippen LogP) is 2.23. The lowest BCUT2D eigenvalue weighted by Crippen LogP contribution is -2.38. The highest BCUT2D eigenvalue weighted by molar-refractivity contribution is 5.29. The Labute approximate surface area is 103 Å². The van der Waals surface area contributed by atoms with Crippen LogP contribution in [0, 0.1) is 0 Å². The molecule has 0 aromatic heterocycles. The van der Waals surface area contributed by atoms with Crippen LogP contribution in [0.1, 0.15) is 38.3 Å². The molecule has 2 unspecified atom stereocenters. The standard InChI is InChI=1S/C14H22N2O/c1-10(2)17-13-5-3-11(4-6-13)14-9-12(15)7-8-16-14/h3-6,10,12,14,16H,7-9,15H2,1-2H3. The Kier molecular flexibility index (Phi) is 4.02. The molecule has 1 aromatic carbocycles. The van der Waals surface area contributed by atoms with Crippen LogP contribution in [-0.2, 0) is 0 Å². The highest BCUT2D eigenvalue weighted by Gasteiger charge is 2.19. The quantitative estimate of drug-likeness (QED) is 0.843. The number of piperidine rings is 1. The van der Waals surface area contributed by atoms with Gasteiger partial charge in [0.1, 0.15) is 5.75 Å². The summed E-state index contributed by atoms with van der Waals surface area (Å²) in [6.45, 7) is 5.08. The monoisotopic (exact) mass is 234 g/mol. The lowest BCUT2D eigenvalue weighted by molar-refractivity contribution is 0.242. The molecular weight excluding hydrogens is 212 g/mol. The molecule has 1 heterocycles. The molecule has 3 heteroatoms. The zero-order chi connectivity index (χ0) is 12.3. The van der Waals surface area contributed by atoms with Gasteiger partial charge in [-0.15, -0.1) is 0 Å². The van der Waals surface area contributed by atoms with Crippen molar-refractivity contribution in [3.8, 4) is 5.75 Å². The molecule has 0 spiro atoms. The van der Waals surface area contributed by atoms with Crippen molar-refractivity contribution in [1.82, 2.24) is 5.32 Å². The van der Waals surface area contributed by atoms with Crippen LogP contribution in [0.3, 0.4) is 0 Å². The van der Waals surface area contributed by atoms with Crippen LogP contribution >= 0.6 is 0 Å². The molecule has 1 aliphatic heterocycles. The van der Waals surface area contributed by atoms with Crippen LogP contribution in [0.5, 0.6) is 5.75 Å². The van der Waals surface area contributed by atoms with Crippen molar-refractivity contribution in [1.29, 1.82) is 0 Å². The van der Waals surface area contributed by atoms with E-state index in [4.69, 9.17) is 10.5 Å². The van der Waals surface area contributed by atoms with Gasteiger partial charge >= 0.3 is 0 Å². The maximum Gasteiger partial charge on any atom is 0.119 e. The third kappa shape index (κ3) is 3.45. The van der Waals surface area contributed by atoms with E-state index in [0.717, 1.165) is 25.1 Å². The van der Waals surface area contributed by atoms with E-state index in [0.29, 0.717) is 12.1 Å². The summed E-state index contributed by atoms with van der Waals surface area (Å²) >= 11 is 0. The van der Waals surface area contributed by atoms with Crippen LogP contribution in [0.25, 0.3) is 0 Å². The van der Waals surface area contributed by atoms with Crippen molar-refractivity contribution in [2.75, 3.05) is 6.54 Å². The summed E-state index contributed by atoms with van der Waals surface area (Å²) in [6, 6.07) is 9.06. The van der Waals surface area contributed by atoms with Gasteiger partial charge in [-0.3, -0.25) is 0 Å². The Morgan fingerprint density at radius 3 is 2.59 bits per heavy atom. The van der Waals surface area contributed by atoms with E-state index in [-0.39, 0.29) is 6.10 Å². The average Bonchev–Trinajstić information content (AvgIpc) is 2.29. The Hall–Kier alpha value is -1.06. The minimum absolute atomic E-state index is 0.224. The van der Waals surface area contributed by atoms with Crippen LogP contribution in [0.4, 0.5) is 0 Å². The maximum atomic E-state index is 5.99. The van der Waals surface area contributed by atoms with Crippen molar-refractivity contribution in [3.05, 3.63) is 29.8 Å². The fourth-order valence-electron chi connectivity index (χ4n) is 2.25. The van der Waals surface area contributed by atoms with Gasteiger partial charge in [-0.1, -0.05) is 12.1 Å². The van der Waals surface area contributed by atoms with Gasteiger partial charge in [0, 0.05) is 12.1 Å². The SMILES string of the molecule is CC(C)Oc1ccc(C2CC(N)CCN2)cc1. The van der Waals surface area contributed by atoms with Gasteiger partial charge < -0.3 is 15.8 Å². The average molecular weight is 234 g/mol. The number of benzene rings is 1. The summed E-state index contributed by atoms with van der Waals surface area (Å²) in [5.74, 6) is 0.934. The van der Waals surface area contributed by atoms with Gasteiger partial charge in [0.25, 0.3) is 0 Å². The van der Waals surface area contributed by atoms with E-state index in [1.807, 2.05) is 26.0 Å². The van der Waals surface area contributed by atoms with Crippen molar-refractivity contribution in [3.63, 3.8) is 0 Å². The number of nitrogens with one attached hydrogen (secondary N) is 1. The van der Waals surface area contributed by atoms with E-state index >= 15 is 0 Å². The van der Waals surface area contributed by atoms with Crippen molar-refractivity contribution < 1.29 is 4.74 Å². The topological polar surface area (TPSA) is 47.3 Å². The third-order valence-corrected chi connectivity index (χ3v) is 3.10. The molecule has 3 N–H and O–H groups in total. The van der Waals surface area contributed by atoms with Crippen LogP contribution in [-0.4, -0.2) is 18.7 Å². The summed E-state index contributed by atoms with van der Waals surface area (Å²) in [5, 5.41) is 3.51. The van der Waals surface area contributed by atoms with E-state index in [2.05, 4.69) is 17.4 Å². The first kappa shape index (κ1) is 12.4. The highest BCUT2D eigenvalue weighted by atomic mass is 16.5. The molecule has 1 aromatic rings. The summed E-state index contributed by atoms with van der Waals surface area (Å²) in [4.78, 5) is 0. The van der Waals surface area contributed by atoms with Gasteiger partial charge in [-0.25, -0.2) is 0 Å². The lowest BCUT2D eigenvalue weighted by atomic mass is 9.94. The zero-order valence-electron chi connectivity index (χ0n) is 10.6. The molecule has 0 amide bonds. The first-order chi connectivity index (χ1) is 8.15. The van der Waals surface area contributed by atoms with E-state index in [1.54, 1.807) is 0 Å². The molecule has 2 atom stereocenters. The minimum atomic E-state index is 0.224. The molecule has 94 valence electrons. The molecule has 0 bridgehead atoms. The van der Waals surface area contributed by atoms with Crippen molar-refractivity contribution in [2.24, 2.45) is 5.73 Å². The van der Waals surface area contributed by atoms with E-state index in [9.17, 15) is 0 Å². The normalized spacial score (nSPS) is 24.9. The molecule has 2 rings (SSSR count). The second-order valence-electron chi connectivity index (χ2n) is 5.03. The molecule has 0 saturated carbocycles. The van der Waals surface area contributed by atoms with Crippen LogP contribution in [0.2, 0.25) is 0 Å². The van der Waals surface area contributed by atoms with Gasteiger partial charge in [-0.2, -0.15) is 0 Å². The van der Waals surface area contributed by atoms with Gasteiger partial charge in [0.15, 0.2) is 0 Å². The highest BCUT2D eigenvalue weighted by Crippen LogP contribution is 2.24. The van der Waals surface area contributed by atoms with E-state index in [1.165, 1.54) is 5.56 Å². The van der Waals surface area contributed by atoms with Crippen LogP contribution in [0.15, 0.2) is 24.3 Å². The predicted molar refractivity (Wildman–Crippen MR) is 70.2 cm³/mol. The molecule has 17 heavy (non-hydrogen) atoms. The molecule has 0 radical (unpaired) electrons. The van der Waals surface area contributed by atoms with Crippen molar-refractivity contribution >= 4 is 0 Å². The first-order valence-electron chi connectivity index (χ1n) is 6.40. The van der Waals surface area contributed by atoms with Crippen molar-refractivity contribution in [2.45, 2.75) is 44.9 Å². The summed E-state index contributed by atoms with van der Waals surface area (Å²) in [7, 11) is 0. The largest absolute Gasteiger partial charge is 0.491 e. The second-order valence-corrected chi connectivity index (χ2v) is 5.03. The number of hydrogen-bond acceptors (Lipinski definition) is 3. The first-order valence-corrected chi connectivity index (χ1v) is 6.40. The fraction of sp³-hybridized carbons (Fsp3) is 0.571. The lowest BCUT2D eigenvalue weighted by Gasteiger charge is -2.28. The Balaban J connectivity index is 2.01. The van der Waals surface area contributed by atoms with Gasteiger partial charge in [-0.05, 0) is 50.9 Å². The molecule has 1 saturated heterocycles. The Morgan fingerprint density at radius 2 is 2.00 bits per heavy atom. The molecule has 3 nitrogen and oxygen atoms in total. The molecule has 1 aliphatic rings. The summed E-state index contributed by atoms with van der Waals surface area (Å²) < 4.78 is 5.63. The zero-order valence-corrected chi connectivity index (χ0v) is 10.6. The second kappa shape index (κ2) is 5.52. The number of hydrogen-bond donors (Lipinski definition) is 2. The molecular formula is C14H22N2O. The van der Waals surface area contributed by atoms with Crippen LogP contribution < -0.4 is 15.8 Å². The van der Waals surface area contributed by atoms with Gasteiger partial charge in [0.2, 0.25) is 0 Å². The Bertz CT molecular complexity index is 348. The third-order valence-electron chi connectivity index (χ3n) is 3.10. The fourth-order valence-corrected chi connectivity index (χ4v) is 2.25. The Morgan fingerprint density at radius 1 is 1.29 bits per heavy atom. The summed E-state index contributed by atoms with van der Waals surface area (Å²) in [5.41, 5.74) is 7.30. The maximum absolute atomic E-state index is 5.99. The molecule has 0 aliphatic carbocycles. The van der Waals surface area contributed by atoms with E-state index < -0.39 is 0 Å². The molecule has 1 fully saturated rings. The minimum Gasteiger partial charge on any atom is -0.491 e. The number of rotatable bonds is 3. The smallest absolute Gasteiger partial charge is 0.119 e. The van der Waals surface area contributed by atoms with Gasteiger partial charge in [0.05, 0.1) is 6.10 Å². The number of ether oxygens (including phenoxy) is 1.